The van der Waals surface area contributed by atoms with E-state index in [0.29, 0.717) is 11.5 Å². The number of hydrogen-bond acceptors (Lipinski definition) is 2. The highest BCUT2D eigenvalue weighted by molar-refractivity contribution is 5.00. The van der Waals surface area contributed by atoms with Crippen LogP contribution in [0.5, 0.6) is 0 Å². The summed E-state index contributed by atoms with van der Waals surface area (Å²) in [5, 5.41) is 3.37. The molecule has 2 rings (SSSR count). The third kappa shape index (κ3) is 0.789. The Kier molecular flexibility index (Phi) is 1.46. The van der Waals surface area contributed by atoms with Crippen LogP contribution in [0.15, 0.2) is 0 Å². The van der Waals surface area contributed by atoms with Crippen LogP contribution in [0.2, 0.25) is 0 Å². The van der Waals surface area contributed by atoms with Crippen molar-refractivity contribution in [3.05, 3.63) is 0 Å². The zero-order valence-electron chi connectivity index (χ0n) is 6.40. The van der Waals surface area contributed by atoms with Crippen LogP contribution in [0.4, 0.5) is 0 Å². The zero-order valence-corrected chi connectivity index (χ0v) is 6.40. The van der Waals surface area contributed by atoms with E-state index in [1.165, 1.54) is 38.8 Å². The van der Waals surface area contributed by atoms with Crippen molar-refractivity contribution in [3.8, 4) is 0 Å². The van der Waals surface area contributed by atoms with Gasteiger partial charge in [0.1, 0.15) is 0 Å². The second kappa shape index (κ2) is 2.21. The number of hydrogen-bond donors (Lipinski definition) is 2. The molecule has 2 aliphatic rings. The van der Waals surface area contributed by atoms with Crippen LogP contribution >= 0.6 is 0 Å². The summed E-state index contributed by atoms with van der Waals surface area (Å²) in [4.78, 5) is 0. The predicted molar refractivity (Wildman–Crippen MR) is 41.7 cm³/mol. The van der Waals surface area contributed by atoms with Gasteiger partial charge in [-0.3, -0.25) is 0 Å². The molecule has 1 saturated heterocycles. The molecule has 2 fully saturated rings. The van der Waals surface area contributed by atoms with E-state index in [0.717, 1.165) is 0 Å². The fraction of sp³-hybridized carbons (Fsp3) is 1.00. The number of rotatable bonds is 0. The first kappa shape index (κ1) is 6.62. The zero-order chi connectivity index (χ0) is 7.03. The minimum Gasteiger partial charge on any atom is -0.327 e. The predicted octanol–water partition coefficient (Wildman–Crippen LogP) is 0.477. The number of nitrogens with one attached hydrogen (secondary N) is 1. The summed E-state index contributed by atoms with van der Waals surface area (Å²) in [6, 6.07) is 0.523. The quantitative estimate of drug-likeness (QED) is 0.513. The van der Waals surface area contributed by atoms with Crippen LogP contribution in [0.3, 0.4) is 0 Å². The minimum atomic E-state index is 0.523. The van der Waals surface area contributed by atoms with Crippen LogP contribution in [0.1, 0.15) is 25.7 Å². The summed E-state index contributed by atoms with van der Waals surface area (Å²) in [5.74, 6) is 0. The van der Waals surface area contributed by atoms with Gasteiger partial charge in [-0.25, -0.2) is 0 Å². The Morgan fingerprint density at radius 1 is 1.20 bits per heavy atom. The highest BCUT2D eigenvalue weighted by Gasteiger charge is 2.44. The molecule has 0 unspecified atom stereocenters. The average molecular weight is 140 g/mol. The topological polar surface area (TPSA) is 38.0 Å². The molecule has 0 aromatic carbocycles. The van der Waals surface area contributed by atoms with Crippen LogP contribution in [-0.4, -0.2) is 19.1 Å². The van der Waals surface area contributed by atoms with Crippen molar-refractivity contribution in [2.75, 3.05) is 13.1 Å². The first-order valence-corrected chi connectivity index (χ1v) is 4.30. The summed E-state index contributed by atoms with van der Waals surface area (Å²) in [6.07, 6.45) is 5.28. The summed E-state index contributed by atoms with van der Waals surface area (Å²) in [7, 11) is 0. The molecule has 1 spiro atoms. The van der Waals surface area contributed by atoms with Crippen LogP contribution < -0.4 is 11.1 Å². The van der Waals surface area contributed by atoms with E-state index in [2.05, 4.69) is 5.32 Å². The van der Waals surface area contributed by atoms with Gasteiger partial charge in [0.15, 0.2) is 0 Å². The second-order valence-electron chi connectivity index (χ2n) is 3.76. The lowest BCUT2D eigenvalue weighted by atomic mass is 9.60. The number of piperidine rings is 1. The van der Waals surface area contributed by atoms with Gasteiger partial charge in [-0.15, -0.1) is 0 Å². The van der Waals surface area contributed by atoms with E-state index in [4.69, 9.17) is 5.73 Å². The molecule has 1 saturated carbocycles. The Morgan fingerprint density at radius 2 is 1.90 bits per heavy atom. The van der Waals surface area contributed by atoms with E-state index in [-0.39, 0.29) is 0 Å². The highest BCUT2D eigenvalue weighted by atomic mass is 14.9. The lowest BCUT2D eigenvalue weighted by molar-refractivity contribution is 0.0536. The highest BCUT2D eigenvalue weighted by Crippen LogP contribution is 2.46. The van der Waals surface area contributed by atoms with Gasteiger partial charge < -0.3 is 11.1 Å². The summed E-state index contributed by atoms with van der Waals surface area (Å²) in [6.45, 7) is 2.38. The van der Waals surface area contributed by atoms with E-state index < -0.39 is 0 Å². The largest absolute Gasteiger partial charge is 0.327 e. The normalized spacial score (nSPS) is 37.5. The lowest BCUT2D eigenvalue weighted by Crippen LogP contribution is -2.55. The van der Waals surface area contributed by atoms with Crippen molar-refractivity contribution in [1.29, 1.82) is 0 Å². The van der Waals surface area contributed by atoms with Crippen molar-refractivity contribution < 1.29 is 0 Å². The third-order valence-corrected chi connectivity index (χ3v) is 3.34. The summed E-state index contributed by atoms with van der Waals surface area (Å²) < 4.78 is 0. The minimum absolute atomic E-state index is 0.523. The fourth-order valence-electron chi connectivity index (χ4n) is 2.26. The van der Waals surface area contributed by atoms with Gasteiger partial charge in [0.25, 0.3) is 0 Å². The molecule has 0 amide bonds. The Morgan fingerprint density at radius 3 is 2.20 bits per heavy atom. The molecule has 2 heteroatoms. The van der Waals surface area contributed by atoms with Gasteiger partial charge in [-0.1, -0.05) is 0 Å². The Hall–Kier alpha value is -0.0800. The Labute approximate surface area is 62.2 Å². The van der Waals surface area contributed by atoms with Gasteiger partial charge in [0, 0.05) is 6.04 Å². The second-order valence-corrected chi connectivity index (χ2v) is 3.76. The van der Waals surface area contributed by atoms with Crippen molar-refractivity contribution in [2.24, 2.45) is 11.1 Å². The third-order valence-electron chi connectivity index (χ3n) is 3.34. The SMILES string of the molecule is N[C@@H]1CCC12CCNCC2. The standard InChI is InChI=1S/C8H16N2/c9-7-1-2-8(7)3-5-10-6-4-8/h7,10H,1-6,9H2/t7-/m1/s1. The molecule has 1 aliphatic carbocycles. The smallest absolute Gasteiger partial charge is 0.00967 e. The molecular formula is C8H16N2. The molecular weight excluding hydrogens is 124 g/mol. The Bertz CT molecular complexity index is 127. The Balaban J connectivity index is 1.99. The maximum Gasteiger partial charge on any atom is 0.00967 e. The van der Waals surface area contributed by atoms with Gasteiger partial charge in [-0.2, -0.15) is 0 Å². The first-order valence-electron chi connectivity index (χ1n) is 4.30. The monoisotopic (exact) mass is 140 g/mol. The van der Waals surface area contributed by atoms with Gasteiger partial charge in [0.05, 0.1) is 0 Å². The van der Waals surface area contributed by atoms with Crippen molar-refractivity contribution >= 4 is 0 Å². The van der Waals surface area contributed by atoms with E-state index in [1.54, 1.807) is 0 Å². The molecule has 2 nitrogen and oxygen atoms in total. The van der Waals surface area contributed by atoms with Crippen molar-refractivity contribution in [2.45, 2.75) is 31.7 Å². The average Bonchev–Trinajstić information content (AvgIpc) is 2.04. The van der Waals surface area contributed by atoms with Crippen molar-refractivity contribution in [1.82, 2.24) is 5.32 Å². The van der Waals surface area contributed by atoms with E-state index in [9.17, 15) is 0 Å². The molecule has 10 heavy (non-hydrogen) atoms. The van der Waals surface area contributed by atoms with Gasteiger partial charge in [-0.05, 0) is 44.2 Å². The molecule has 3 N–H and O–H groups in total. The lowest BCUT2D eigenvalue weighted by Gasteiger charge is -2.50. The molecule has 0 bridgehead atoms. The number of nitrogens with two attached hydrogens (primary N) is 1. The molecule has 0 aromatic heterocycles. The van der Waals surface area contributed by atoms with Crippen LogP contribution in [0.25, 0.3) is 0 Å². The van der Waals surface area contributed by atoms with Gasteiger partial charge >= 0.3 is 0 Å². The molecule has 0 aromatic rings. The van der Waals surface area contributed by atoms with Crippen LogP contribution in [-0.2, 0) is 0 Å². The first-order chi connectivity index (χ1) is 4.83. The summed E-state index contributed by atoms with van der Waals surface area (Å²) in [5.41, 5.74) is 6.54. The molecule has 1 atom stereocenters. The van der Waals surface area contributed by atoms with E-state index >= 15 is 0 Å². The molecule has 1 heterocycles. The van der Waals surface area contributed by atoms with E-state index in [1.807, 2.05) is 0 Å². The van der Waals surface area contributed by atoms with Crippen LogP contribution in [0, 0.1) is 5.41 Å². The molecule has 58 valence electrons. The molecule has 1 aliphatic heterocycles. The molecule has 0 radical (unpaired) electrons. The van der Waals surface area contributed by atoms with Crippen molar-refractivity contribution in [3.63, 3.8) is 0 Å². The van der Waals surface area contributed by atoms with Gasteiger partial charge in [0.2, 0.25) is 0 Å². The fourth-order valence-corrected chi connectivity index (χ4v) is 2.26. The summed E-state index contributed by atoms with van der Waals surface area (Å²) >= 11 is 0. The maximum atomic E-state index is 5.96. The maximum absolute atomic E-state index is 5.96.